The number of carbonyl (C=O) groups excluding carboxylic acids is 2. The summed E-state index contributed by atoms with van der Waals surface area (Å²) in [5, 5.41) is 0. The Morgan fingerprint density at radius 3 is 2.59 bits per heavy atom. The molecule has 1 unspecified atom stereocenters. The molecule has 1 aliphatic rings. The van der Waals surface area contributed by atoms with Gasteiger partial charge < -0.3 is 4.74 Å². The minimum absolute atomic E-state index is 0.150. The quantitative estimate of drug-likeness (QED) is 0.776. The standard InChI is InChI=1S/C12H12ClNO3/c13-12(16)17-11(9-4-2-1-3-5-9)14-7-6-10(15)8-14/h1-5,11H,6-8H2. The molecule has 0 bridgehead atoms. The van der Waals surface area contributed by atoms with Crippen LogP contribution < -0.4 is 0 Å². The molecule has 1 heterocycles. The third kappa shape index (κ3) is 3.05. The first-order chi connectivity index (χ1) is 8.16. The van der Waals surface area contributed by atoms with Gasteiger partial charge in [-0.05, 0) is 0 Å². The van der Waals surface area contributed by atoms with E-state index < -0.39 is 11.7 Å². The molecule has 5 heteroatoms. The summed E-state index contributed by atoms with van der Waals surface area (Å²) in [6.45, 7) is 0.881. The largest absolute Gasteiger partial charge is 0.430 e. The third-order valence-electron chi connectivity index (χ3n) is 2.68. The third-order valence-corrected chi connectivity index (χ3v) is 2.77. The normalized spacial score (nSPS) is 18.1. The number of ether oxygens (including phenoxy) is 1. The molecule has 17 heavy (non-hydrogen) atoms. The number of rotatable bonds is 3. The van der Waals surface area contributed by atoms with Crippen molar-refractivity contribution in [1.29, 1.82) is 0 Å². The molecule has 0 saturated carbocycles. The fourth-order valence-corrected chi connectivity index (χ4v) is 2.00. The predicted octanol–water partition coefficient (Wildman–Crippen LogP) is 2.34. The molecule has 0 aliphatic carbocycles. The van der Waals surface area contributed by atoms with Crippen molar-refractivity contribution >= 4 is 22.8 Å². The Balaban J connectivity index is 2.19. The van der Waals surface area contributed by atoms with Crippen LogP contribution in [0.4, 0.5) is 4.79 Å². The van der Waals surface area contributed by atoms with Gasteiger partial charge in [-0.15, -0.1) is 0 Å². The monoisotopic (exact) mass is 253 g/mol. The highest BCUT2D eigenvalue weighted by Gasteiger charge is 2.29. The van der Waals surface area contributed by atoms with Crippen molar-refractivity contribution in [2.75, 3.05) is 13.1 Å². The topological polar surface area (TPSA) is 46.6 Å². The lowest BCUT2D eigenvalue weighted by atomic mass is 10.2. The molecule has 1 fully saturated rings. The molecule has 90 valence electrons. The van der Waals surface area contributed by atoms with Gasteiger partial charge in [0.25, 0.3) is 0 Å². The van der Waals surface area contributed by atoms with E-state index in [0.717, 1.165) is 5.56 Å². The molecule has 0 N–H and O–H groups in total. The maximum Gasteiger partial charge on any atom is 0.405 e. The van der Waals surface area contributed by atoms with Gasteiger partial charge in [0, 0.05) is 30.1 Å². The lowest BCUT2D eigenvalue weighted by molar-refractivity contribution is -0.117. The van der Waals surface area contributed by atoms with Crippen LogP contribution in [0.2, 0.25) is 0 Å². The van der Waals surface area contributed by atoms with Crippen LogP contribution in [-0.2, 0) is 9.53 Å². The first-order valence-corrected chi connectivity index (χ1v) is 5.71. The smallest absolute Gasteiger partial charge is 0.405 e. The Morgan fingerprint density at radius 1 is 1.35 bits per heavy atom. The average molecular weight is 254 g/mol. The summed E-state index contributed by atoms with van der Waals surface area (Å²) in [5.74, 6) is 0.150. The van der Waals surface area contributed by atoms with E-state index in [1.165, 1.54) is 0 Å². The Bertz CT molecular complexity index is 421. The zero-order chi connectivity index (χ0) is 12.3. The number of halogens is 1. The Kier molecular flexibility index (Phi) is 3.76. The summed E-state index contributed by atoms with van der Waals surface area (Å²) in [6.07, 6.45) is -0.0870. The number of carbonyl (C=O) groups is 2. The highest BCUT2D eigenvalue weighted by molar-refractivity contribution is 6.61. The number of ketones is 1. The molecule has 1 atom stereocenters. The first-order valence-electron chi connectivity index (χ1n) is 5.33. The first kappa shape index (κ1) is 12.1. The molecule has 0 radical (unpaired) electrons. The van der Waals surface area contributed by atoms with Crippen molar-refractivity contribution in [2.45, 2.75) is 12.6 Å². The lowest BCUT2D eigenvalue weighted by Crippen LogP contribution is -2.29. The van der Waals surface area contributed by atoms with Crippen molar-refractivity contribution in [3.63, 3.8) is 0 Å². The van der Waals surface area contributed by atoms with Crippen LogP contribution in [-0.4, -0.2) is 29.2 Å². The number of nitrogens with zero attached hydrogens (tertiary/aromatic N) is 1. The number of Topliss-reactive ketones (excluding diaryl/α,β-unsaturated/α-hetero) is 1. The van der Waals surface area contributed by atoms with E-state index in [4.69, 9.17) is 16.3 Å². The molecule has 1 aromatic carbocycles. The Labute approximate surface area is 104 Å². The summed E-state index contributed by atoms with van der Waals surface area (Å²) in [7, 11) is 0. The van der Waals surface area contributed by atoms with E-state index in [0.29, 0.717) is 19.5 Å². The van der Waals surface area contributed by atoms with Gasteiger partial charge >= 0.3 is 5.43 Å². The molecular weight excluding hydrogens is 242 g/mol. The second-order valence-corrected chi connectivity index (χ2v) is 4.19. The molecule has 1 saturated heterocycles. The van der Waals surface area contributed by atoms with E-state index in [2.05, 4.69) is 0 Å². The number of hydrogen-bond acceptors (Lipinski definition) is 4. The van der Waals surface area contributed by atoms with Crippen LogP contribution in [0.15, 0.2) is 30.3 Å². The van der Waals surface area contributed by atoms with E-state index in [9.17, 15) is 9.59 Å². The zero-order valence-corrected chi connectivity index (χ0v) is 9.89. The second kappa shape index (κ2) is 5.29. The van der Waals surface area contributed by atoms with Crippen LogP contribution in [0, 0.1) is 0 Å². The van der Waals surface area contributed by atoms with Crippen molar-refractivity contribution < 1.29 is 14.3 Å². The maximum atomic E-state index is 11.3. The zero-order valence-electron chi connectivity index (χ0n) is 9.14. The highest BCUT2D eigenvalue weighted by atomic mass is 35.5. The van der Waals surface area contributed by atoms with Crippen LogP contribution in [0.5, 0.6) is 0 Å². The summed E-state index contributed by atoms with van der Waals surface area (Å²) in [5.41, 5.74) is -0.0468. The van der Waals surface area contributed by atoms with Crippen LogP contribution in [0.3, 0.4) is 0 Å². The number of likely N-dealkylation sites (tertiary alicyclic amines) is 1. The van der Waals surface area contributed by atoms with Crippen LogP contribution >= 0.6 is 11.6 Å². The van der Waals surface area contributed by atoms with Gasteiger partial charge in [0.1, 0.15) is 5.78 Å². The van der Waals surface area contributed by atoms with Crippen molar-refractivity contribution in [3.8, 4) is 0 Å². The van der Waals surface area contributed by atoms with Crippen molar-refractivity contribution in [2.24, 2.45) is 0 Å². The molecular formula is C12H12ClNO3. The molecule has 0 aromatic heterocycles. The molecule has 1 aromatic rings. The van der Waals surface area contributed by atoms with Gasteiger partial charge in [0.2, 0.25) is 0 Å². The minimum atomic E-state index is -0.863. The summed E-state index contributed by atoms with van der Waals surface area (Å²) in [4.78, 5) is 24.0. The van der Waals surface area contributed by atoms with E-state index in [1.54, 1.807) is 4.90 Å². The Morgan fingerprint density at radius 2 is 2.06 bits per heavy atom. The van der Waals surface area contributed by atoms with Crippen LogP contribution in [0.1, 0.15) is 18.2 Å². The molecule has 0 amide bonds. The van der Waals surface area contributed by atoms with Gasteiger partial charge in [-0.25, -0.2) is 4.79 Å². The predicted molar refractivity (Wildman–Crippen MR) is 62.7 cm³/mol. The fraction of sp³-hybridized carbons (Fsp3) is 0.333. The summed E-state index contributed by atoms with van der Waals surface area (Å²) < 4.78 is 5.07. The molecule has 0 spiro atoms. The molecule has 1 aliphatic heterocycles. The number of benzene rings is 1. The fourth-order valence-electron chi connectivity index (χ4n) is 1.91. The molecule has 2 rings (SSSR count). The summed E-state index contributed by atoms with van der Waals surface area (Å²) in [6, 6.07) is 9.25. The summed E-state index contributed by atoms with van der Waals surface area (Å²) >= 11 is 5.26. The van der Waals surface area contributed by atoms with Crippen molar-refractivity contribution in [1.82, 2.24) is 4.90 Å². The van der Waals surface area contributed by atoms with E-state index >= 15 is 0 Å². The number of hydrogen-bond donors (Lipinski definition) is 0. The van der Waals surface area contributed by atoms with Gasteiger partial charge in [-0.3, -0.25) is 9.69 Å². The average Bonchev–Trinajstić information content (AvgIpc) is 2.73. The van der Waals surface area contributed by atoms with Crippen molar-refractivity contribution in [3.05, 3.63) is 35.9 Å². The van der Waals surface area contributed by atoms with Gasteiger partial charge in [0.15, 0.2) is 6.23 Å². The SMILES string of the molecule is O=C1CCN(C(OC(=O)Cl)c2ccccc2)C1. The van der Waals surface area contributed by atoms with Gasteiger partial charge in [-0.1, -0.05) is 30.3 Å². The van der Waals surface area contributed by atoms with E-state index in [-0.39, 0.29) is 5.78 Å². The van der Waals surface area contributed by atoms with Gasteiger partial charge in [-0.2, -0.15) is 0 Å². The van der Waals surface area contributed by atoms with Gasteiger partial charge in [0.05, 0.1) is 6.54 Å². The second-order valence-electron chi connectivity index (χ2n) is 3.88. The minimum Gasteiger partial charge on any atom is -0.430 e. The Hall–Kier alpha value is -1.39. The highest BCUT2D eigenvalue weighted by Crippen LogP contribution is 2.25. The molecule has 4 nitrogen and oxygen atoms in total. The lowest BCUT2D eigenvalue weighted by Gasteiger charge is -2.25. The maximum absolute atomic E-state index is 11.3. The van der Waals surface area contributed by atoms with E-state index in [1.807, 2.05) is 30.3 Å². The van der Waals surface area contributed by atoms with Crippen LogP contribution in [0.25, 0.3) is 0 Å².